The highest BCUT2D eigenvalue weighted by molar-refractivity contribution is 6.39. The fourth-order valence-corrected chi connectivity index (χ4v) is 3.38. The molecule has 1 unspecified atom stereocenters. The van der Waals surface area contributed by atoms with Crippen LogP contribution in [0.2, 0.25) is 10.0 Å². The van der Waals surface area contributed by atoms with E-state index in [1.807, 2.05) is 0 Å². The van der Waals surface area contributed by atoms with Crippen LogP contribution < -0.4 is 10.6 Å². The van der Waals surface area contributed by atoms with Crippen molar-refractivity contribution in [2.45, 2.75) is 12.5 Å². The molecule has 29 heavy (non-hydrogen) atoms. The summed E-state index contributed by atoms with van der Waals surface area (Å²) in [7, 11) is 0. The van der Waals surface area contributed by atoms with Gasteiger partial charge in [-0.1, -0.05) is 29.3 Å². The van der Waals surface area contributed by atoms with Gasteiger partial charge in [0.15, 0.2) is 0 Å². The summed E-state index contributed by atoms with van der Waals surface area (Å²) >= 11 is 12.0. The summed E-state index contributed by atoms with van der Waals surface area (Å²) in [5.41, 5.74) is -1.10. The number of nitrogens with zero attached hydrogens (tertiary/aromatic N) is 2. The summed E-state index contributed by atoms with van der Waals surface area (Å²) in [6.45, 7) is 0.895. The summed E-state index contributed by atoms with van der Waals surface area (Å²) < 4.78 is 0. The first-order valence-corrected chi connectivity index (χ1v) is 9.02. The Morgan fingerprint density at radius 1 is 1.17 bits per heavy atom. The van der Waals surface area contributed by atoms with Crippen molar-refractivity contribution < 1.29 is 19.3 Å². The molecule has 3 rings (SSSR count). The van der Waals surface area contributed by atoms with Crippen molar-refractivity contribution in [3.8, 4) is 0 Å². The van der Waals surface area contributed by atoms with Crippen molar-refractivity contribution in [1.29, 1.82) is 0 Å². The lowest BCUT2D eigenvalue weighted by atomic mass is 9.92. The Bertz CT molecular complexity index is 1010. The molecule has 2 N–H and O–H groups in total. The molecule has 9 nitrogen and oxygen atoms in total. The van der Waals surface area contributed by atoms with Crippen LogP contribution in [0.1, 0.15) is 12.5 Å². The Balaban J connectivity index is 1.78. The number of nitro benzene ring substituents is 1. The lowest BCUT2D eigenvalue weighted by Crippen LogP contribution is -2.42. The van der Waals surface area contributed by atoms with E-state index < -0.39 is 34.9 Å². The second-order valence-corrected chi connectivity index (χ2v) is 7.21. The number of nitrogens with one attached hydrogen (secondary N) is 2. The summed E-state index contributed by atoms with van der Waals surface area (Å²) in [5.74, 6) is -1.34. The fraction of sp³-hybridized carbons (Fsp3) is 0.167. The Morgan fingerprint density at radius 3 is 2.31 bits per heavy atom. The molecule has 0 aromatic heterocycles. The Hall–Kier alpha value is -3.17. The van der Waals surface area contributed by atoms with Gasteiger partial charge in [-0.3, -0.25) is 24.6 Å². The summed E-state index contributed by atoms with van der Waals surface area (Å²) in [6.07, 6.45) is 0. The van der Waals surface area contributed by atoms with Gasteiger partial charge >= 0.3 is 6.03 Å². The predicted octanol–water partition coefficient (Wildman–Crippen LogP) is 3.31. The van der Waals surface area contributed by atoms with E-state index >= 15 is 0 Å². The molecule has 0 spiro atoms. The predicted molar refractivity (Wildman–Crippen MR) is 106 cm³/mol. The van der Waals surface area contributed by atoms with Crippen molar-refractivity contribution in [2.75, 3.05) is 11.9 Å². The van der Waals surface area contributed by atoms with Crippen LogP contribution in [0.3, 0.4) is 0 Å². The van der Waals surface area contributed by atoms with E-state index in [1.54, 1.807) is 6.07 Å². The average molecular weight is 437 g/mol. The molecule has 1 heterocycles. The minimum atomic E-state index is -1.46. The molecule has 4 amide bonds. The number of nitro groups is 1. The van der Waals surface area contributed by atoms with Crippen LogP contribution >= 0.6 is 23.2 Å². The maximum Gasteiger partial charge on any atom is 0.325 e. The minimum Gasteiger partial charge on any atom is -0.322 e. The van der Waals surface area contributed by atoms with Gasteiger partial charge in [0, 0.05) is 12.1 Å². The van der Waals surface area contributed by atoms with Crippen molar-refractivity contribution in [2.24, 2.45) is 0 Å². The molecule has 2 aromatic rings. The number of carbonyl (C=O) groups excluding carboxylic acids is 3. The monoisotopic (exact) mass is 436 g/mol. The summed E-state index contributed by atoms with van der Waals surface area (Å²) in [6, 6.07) is 9.12. The third-order valence-corrected chi connectivity index (χ3v) is 5.09. The zero-order valence-electron chi connectivity index (χ0n) is 14.9. The number of halogens is 2. The third-order valence-electron chi connectivity index (χ3n) is 4.46. The molecule has 0 saturated carbocycles. The number of rotatable bonds is 5. The van der Waals surface area contributed by atoms with E-state index in [4.69, 9.17) is 23.2 Å². The molecule has 1 fully saturated rings. The van der Waals surface area contributed by atoms with Gasteiger partial charge in [-0.05, 0) is 36.8 Å². The first-order chi connectivity index (χ1) is 13.6. The maximum atomic E-state index is 12.9. The number of imide groups is 1. The highest BCUT2D eigenvalue weighted by atomic mass is 35.5. The number of hydrogen-bond acceptors (Lipinski definition) is 5. The van der Waals surface area contributed by atoms with Crippen LogP contribution in [0.4, 0.5) is 16.2 Å². The van der Waals surface area contributed by atoms with E-state index in [0.717, 1.165) is 4.90 Å². The molecule has 11 heteroatoms. The van der Waals surface area contributed by atoms with Gasteiger partial charge < -0.3 is 10.6 Å². The molecule has 0 aliphatic carbocycles. The smallest absolute Gasteiger partial charge is 0.322 e. The molecule has 1 aliphatic rings. The first-order valence-electron chi connectivity index (χ1n) is 8.26. The molecule has 0 bridgehead atoms. The highest BCUT2D eigenvalue weighted by Crippen LogP contribution is 2.31. The standard InChI is InChI=1S/C18H14Cl2N4O5/c1-18(10-5-7-11(8-6-10)24(28)29)16(26)23(17(27)22-18)9-14(25)21-15-12(19)3-2-4-13(15)20/h2-8H,9H2,1H3,(H,21,25)(H,22,27). The highest BCUT2D eigenvalue weighted by Gasteiger charge is 2.49. The van der Waals surface area contributed by atoms with E-state index in [-0.39, 0.29) is 21.4 Å². The zero-order valence-corrected chi connectivity index (χ0v) is 16.5. The van der Waals surface area contributed by atoms with Crippen molar-refractivity contribution in [3.63, 3.8) is 0 Å². The lowest BCUT2D eigenvalue weighted by molar-refractivity contribution is -0.384. The molecule has 150 valence electrons. The lowest BCUT2D eigenvalue weighted by Gasteiger charge is -2.22. The number of carbonyl (C=O) groups is 3. The third kappa shape index (κ3) is 3.87. The Morgan fingerprint density at radius 2 is 1.76 bits per heavy atom. The molecule has 1 aliphatic heterocycles. The van der Waals surface area contributed by atoms with E-state index in [1.165, 1.54) is 43.3 Å². The van der Waals surface area contributed by atoms with Crippen LogP contribution in [0.5, 0.6) is 0 Å². The Kier molecular flexibility index (Phi) is 5.45. The van der Waals surface area contributed by atoms with Gasteiger partial charge in [-0.2, -0.15) is 0 Å². The van der Waals surface area contributed by atoms with E-state index in [0.29, 0.717) is 5.56 Å². The van der Waals surface area contributed by atoms with Gasteiger partial charge in [0.2, 0.25) is 5.91 Å². The van der Waals surface area contributed by atoms with Gasteiger partial charge in [-0.25, -0.2) is 4.79 Å². The number of benzene rings is 2. The van der Waals surface area contributed by atoms with Crippen LogP contribution in [-0.2, 0) is 15.1 Å². The van der Waals surface area contributed by atoms with Crippen molar-refractivity contribution >= 4 is 52.4 Å². The molecular weight excluding hydrogens is 423 g/mol. The second-order valence-electron chi connectivity index (χ2n) is 6.40. The number of para-hydroxylation sites is 1. The van der Waals surface area contributed by atoms with Gasteiger partial charge in [-0.15, -0.1) is 0 Å². The average Bonchev–Trinajstić information content (AvgIpc) is 2.89. The number of anilines is 1. The van der Waals surface area contributed by atoms with Crippen LogP contribution in [0.15, 0.2) is 42.5 Å². The van der Waals surface area contributed by atoms with Crippen LogP contribution in [0, 0.1) is 10.1 Å². The molecule has 1 saturated heterocycles. The fourth-order valence-electron chi connectivity index (χ4n) is 2.89. The number of non-ortho nitro benzene ring substituents is 1. The largest absolute Gasteiger partial charge is 0.325 e. The first kappa shape index (κ1) is 20.6. The van der Waals surface area contributed by atoms with Crippen LogP contribution in [0.25, 0.3) is 0 Å². The van der Waals surface area contributed by atoms with Gasteiger partial charge in [0.25, 0.3) is 11.6 Å². The SMILES string of the molecule is CC1(c2ccc([N+](=O)[O-])cc2)NC(=O)N(CC(=O)Nc2c(Cl)cccc2Cl)C1=O. The van der Waals surface area contributed by atoms with Crippen LogP contribution in [-0.4, -0.2) is 34.2 Å². The quantitative estimate of drug-likeness (QED) is 0.422. The molecule has 1 atom stereocenters. The van der Waals surface area contributed by atoms with Gasteiger partial charge in [0.1, 0.15) is 12.1 Å². The summed E-state index contributed by atoms with van der Waals surface area (Å²) in [4.78, 5) is 48.5. The Labute approximate surface area is 174 Å². The van der Waals surface area contributed by atoms with E-state index in [9.17, 15) is 24.5 Å². The zero-order chi connectivity index (χ0) is 21.3. The van der Waals surface area contributed by atoms with Gasteiger partial charge in [0.05, 0.1) is 20.7 Å². The molecular formula is C18H14Cl2N4O5. The maximum absolute atomic E-state index is 12.9. The molecule has 2 aromatic carbocycles. The minimum absolute atomic E-state index is 0.151. The summed E-state index contributed by atoms with van der Waals surface area (Å²) in [5, 5.41) is 16.2. The second kappa shape index (κ2) is 7.69. The normalized spacial score (nSPS) is 18.5. The number of urea groups is 1. The van der Waals surface area contributed by atoms with E-state index in [2.05, 4.69) is 10.6 Å². The number of amides is 4. The number of hydrogen-bond donors (Lipinski definition) is 2. The topological polar surface area (TPSA) is 122 Å². The van der Waals surface area contributed by atoms with Crippen molar-refractivity contribution in [3.05, 3.63) is 68.2 Å². The van der Waals surface area contributed by atoms with Crippen molar-refractivity contribution in [1.82, 2.24) is 10.2 Å². The molecule has 0 radical (unpaired) electrons.